The number of methoxy groups -OCH3 is 2. The van der Waals surface area contributed by atoms with Crippen molar-refractivity contribution in [3.05, 3.63) is 99.3 Å². The molecule has 1 saturated heterocycles. The molecule has 1 aliphatic rings. The number of hydrogen-bond donors (Lipinski definition) is 1. The minimum absolute atomic E-state index is 0.0739. The molecule has 0 aliphatic carbocycles. The van der Waals surface area contributed by atoms with E-state index in [1.807, 2.05) is 6.07 Å². The molecule has 0 radical (unpaired) electrons. The van der Waals surface area contributed by atoms with Gasteiger partial charge in [-0.2, -0.15) is 0 Å². The minimum Gasteiger partial charge on any atom is -0.507 e. The molecule has 1 amide bonds. The standard InChI is InChI=1S/C27H23BrFNO5/c1-34-21-11-6-16(14-22(21)35-2)12-13-30-24(18-4-3-5-20(29)15-18)23(26(32)27(30)33)25(31)17-7-9-19(28)10-8-17/h3-11,14-15,24,31H,12-13H2,1-2H3/b25-23-. The van der Waals surface area contributed by atoms with E-state index in [2.05, 4.69) is 15.9 Å². The number of ketones is 1. The lowest BCUT2D eigenvalue weighted by atomic mass is 9.95. The Morgan fingerprint density at radius 2 is 1.71 bits per heavy atom. The lowest BCUT2D eigenvalue weighted by Gasteiger charge is -2.25. The van der Waals surface area contributed by atoms with Crippen molar-refractivity contribution in [1.29, 1.82) is 0 Å². The van der Waals surface area contributed by atoms with E-state index in [0.29, 0.717) is 29.0 Å². The van der Waals surface area contributed by atoms with Crippen LogP contribution in [0.1, 0.15) is 22.7 Å². The quantitative estimate of drug-likeness (QED) is 0.251. The van der Waals surface area contributed by atoms with Crippen LogP contribution in [0.5, 0.6) is 11.5 Å². The number of carbonyl (C=O) groups is 2. The maximum absolute atomic E-state index is 14.1. The van der Waals surface area contributed by atoms with Gasteiger partial charge in [0.05, 0.1) is 25.8 Å². The summed E-state index contributed by atoms with van der Waals surface area (Å²) in [5, 5.41) is 11.1. The Hall–Kier alpha value is -3.65. The van der Waals surface area contributed by atoms with Crippen LogP contribution < -0.4 is 9.47 Å². The number of likely N-dealkylation sites (tertiary alicyclic amines) is 1. The molecule has 8 heteroatoms. The van der Waals surface area contributed by atoms with Gasteiger partial charge in [0.2, 0.25) is 0 Å². The van der Waals surface area contributed by atoms with Crippen LogP contribution in [-0.4, -0.2) is 42.5 Å². The molecule has 0 saturated carbocycles. The first-order valence-electron chi connectivity index (χ1n) is 10.8. The Morgan fingerprint density at radius 3 is 2.37 bits per heavy atom. The van der Waals surface area contributed by atoms with Gasteiger partial charge >= 0.3 is 0 Å². The molecule has 6 nitrogen and oxygen atoms in total. The fourth-order valence-corrected chi connectivity index (χ4v) is 4.45. The molecular formula is C27H23BrFNO5. The first-order chi connectivity index (χ1) is 16.8. The molecule has 3 aromatic carbocycles. The van der Waals surface area contributed by atoms with Crippen molar-refractivity contribution < 1.29 is 28.6 Å². The van der Waals surface area contributed by atoms with Crippen LogP contribution >= 0.6 is 15.9 Å². The normalized spacial score (nSPS) is 17.0. The summed E-state index contributed by atoms with van der Waals surface area (Å²) in [6, 6.07) is 16.9. The van der Waals surface area contributed by atoms with Crippen molar-refractivity contribution in [3.8, 4) is 11.5 Å². The van der Waals surface area contributed by atoms with E-state index in [1.165, 1.54) is 30.2 Å². The van der Waals surface area contributed by atoms with Gasteiger partial charge in [-0.1, -0.05) is 46.3 Å². The average Bonchev–Trinajstić information content (AvgIpc) is 3.12. The zero-order chi connectivity index (χ0) is 25.1. The van der Waals surface area contributed by atoms with Gasteiger partial charge in [-0.15, -0.1) is 0 Å². The topological polar surface area (TPSA) is 76.1 Å². The molecule has 3 aromatic rings. The number of halogens is 2. The number of Topliss-reactive ketones (excluding diaryl/α,β-unsaturated/α-hetero) is 1. The van der Waals surface area contributed by atoms with Crippen molar-refractivity contribution in [2.24, 2.45) is 0 Å². The Kier molecular flexibility index (Phi) is 7.21. The smallest absolute Gasteiger partial charge is 0.295 e. The third kappa shape index (κ3) is 4.93. The largest absolute Gasteiger partial charge is 0.507 e. The number of benzene rings is 3. The maximum Gasteiger partial charge on any atom is 0.295 e. The molecular weight excluding hydrogens is 517 g/mol. The number of aliphatic hydroxyl groups is 1. The van der Waals surface area contributed by atoms with Gasteiger partial charge in [0.1, 0.15) is 11.6 Å². The second kappa shape index (κ2) is 10.3. The first-order valence-corrected chi connectivity index (χ1v) is 11.6. The van der Waals surface area contributed by atoms with Crippen molar-refractivity contribution in [3.63, 3.8) is 0 Å². The predicted octanol–water partition coefficient (Wildman–Crippen LogP) is 5.27. The lowest BCUT2D eigenvalue weighted by molar-refractivity contribution is -0.139. The summed E-state index contributed by atoms with van der Waals surface area (Å²) in [5.41, 5.74) is 1.56. The Balaban J connectivity index is 1.74. The fraction of sp³-hybridized carbons (Fsp3) is 0.185. The second-order valence-corrected chi connectivity index (χ2v) is 8.91. The highest BCUT2D eigenvalue weighted by Crippen LogP contribution is 2.40. The number of nitrogens with zero attached hydrogens (tertiary/aromatic N) is 1. The van der Waals surface area contributed by atoms with E-state index in [9.17, 15) is 19.1 Å². The molecule has 1 unspecified atom stereocenters. The molecule has 0 aromatic heterocycles. The summed E-state index contributed by atoms with van der Waals surface area (Å²) in [6.07, 6.45) is 0.400. The molecule has 1 atom stereocenters. The van der Waals surface area contributed by atoms with Gasteiger partial charge in [0.25, 0.3) is 11.7 Å². The molecule has 1 heterocycles. The van der Waals surface area contributed by atoms with Crippen LogP contribution in [0.2, 0.25) is 0 Å². The molecule has 4 rings (SSSR count). The van der Waals surface area contributed by atoms with Gasteiger partial charge in [-0.05, 0) is 53.9 Å². The van der Waals surface area contributed by atoms with E-state index in [1.54, 1.807) is 49.6 Å². The third-order valence-electron chi connectivity index (χ3n) is 5.91. The predicted molar refractivity (Wildman–Crippen MR) is 133 cm³/mol. The number of hydrogen-bond acceptors (Lipinski definition) is 5. The van der Waals surface area contributed by atoms with Crippen LogP contribution in [0.3, 0.4) is 0 Å². The summed E-state index contributed by atoms with van der Waals surface area (Å²) in [4.78, 5) is 27.6. The molecule has 1 N–H and O–H groups in total. The summed E-state index contributed by atoms with van der Waals surface area (Å²) >= 11 is 3.34. The number of aliphatic hydroxyl groups excluding tert-OH is 1. The first kappa shape index (κ1) is 24.5. The average molecular weight is 540 g/mol. The molecule has 1 fully saturated rings. The van der Waals surface area contributed by atoms with E-state index in [0.717, 1.165) is 10.0 Å². The van der Waals surface area contributed by atoms with Crippen LogP contribution in [0.4, 0.5) is 4.39 Å². The highest BCUT2D eigenvalue weighted by Gasteiger charge is 2.45. The molecule has 35 heavy (non-hydrogen) atoms. The van der Waals surface area contributed by atoms with Crippen molar-refractivity contribution >= 4 is 33.4 Å². The van der Waals surface area contributed by atoms with Gasteiger partial charge in [0.15, 0.2) is 11.5 Å². The minimum atomic E-state index is -0.936. The van der Waals surface area contributed by atoms with E-state index in [4.69, 9.17) is 9.47 Å². The van der Waals surface area contributed by atoms with Gasteiger partial charge < -0.3 is 19.5 Å². The number of ether oxygens (including phenoxy) is 2. The number of carbonyl (C=O) groups excluding carboxylic acids is 2. The van der Waals surface area contributed by atoms with Gasteiger partial charge in [0, 0.05) is 16.6 Å². The fourth-order valence-electron chi connectivity index (χ4n) is 4.18. The van der Waals surface area contributed by atoms with Gasteiger partial charge in [-0.3, -0.25) is 9.59 Å². The summed E-state index contributed by atoms with van der Waals surface area (Å²) in [5.74, 6) is -1.25. The Morgan fingerprint density at radius 1 is 1.00 bits per heavy atom. The van der Waals surface area contributed by atoms with Crippen LogP contribution in [-0.2, 0) is 16.0 Å². The van der Waals surface area contributed by atoms with Gasteiger partial charge in [-0.25, -0.2) is 4.39 Å². The van der Waals surface area contributed by atoms with Crippen molar-refractivity contribution in [1.82, 2.24) is 4.90 Å². The summed E-state index contributed by atoms with van der Waals surface area (Å²) in [6.45, 7) is 0.165. The van der Waals surface area contributed by atoms with Crippen LogP contribution in [0.25, 0.3) is 5.76 Å². The highest BCUT2D eigenvalue weighted by molar-refractivity contribution is 9.10. The van der Waals surface area contributed by atoms with E-state index >= 15 is 0 Å². The molecule has 0 spiro atoms. The van der Waals surface area contributed by atoms with E-state index in [-0.39, 0.29) is 17.9 Å². The summed E-state index contributed by atoms with van der Waals surface area (Å²) in [7, 11) is 3.08. The number of amides is 1. The SMILES string of the molecule is COc1ccc(CCN2C(=O)C(=O)/C(=C(\O)c3ccc(Br)cc3)C2c2cccc(F)c2)cc1OC. The van der Waals surface area contributed by atoms with Crippen LogP contribution in [0, 0.1) is 5.82 Å². The molecule has 1 aliphatic heterocycles. The Bertz CT molecular complexity index is 1310. The van der Waals surface area contributed by atoms with Crippen LogP contribution in [0.15, 0.2) is 76.8 Å². The van der Waals surface area contributed by atoms with E-state index < -0.39 is 23.5 Å². The number of rotatable bonds is 7. The zero-order valence-corrected chi connectivity index (χ0v) is 20.7. The monoisotopic (exact) mass is 539 g/mol. The van der Waals surface area contributed by atoms with Crippen molar-refractivity contribution in [2.45, 2.75) is 12.5 Å². The highest BCUT2D eigenvalue weighted by atomic mass is 79.9. The second-order valence-electron chi connectivity index (χ2n) is 7.99. The zero-order valence-electron chi connectivity index (χ0n) is 19.1. The summed E-state index contributed by atoms with van der Waals surface area (Å²) < 4.78 is 25.6. The molecule has 180 valence electrons. The van der Waals surface area contributed by atoms with Crippen molar-refractivity contribution in [2.75, 3.05) is 20.8 Å². The Labute approximate surface area is 210 Å². The lowest BCUT2D eigenvalue weighted by Crippen LogP contribution is -2.31. The maximum atomic E-state index is 14.1. The third-order valence-corrected chi connectivity index (χ3v) is 6.44. The molecule has 0 bridgehead atoms.